The van der Waals surface area contributed by atoms with Crippen LogP contribution in [0.4, 0.5) is 0 Å². The van der Waals surface area contributed by atoms with E-state index in [2.05, 4.69) is 13.8 Å². The molecule has 244 valence electrons. The van der Waals surface area contributed by atoms with E-state index in [4.69, 9.17) is 17.1 Å². The van der Waals surface area contributed by atoms with Gasteiger partial charge in [0.15, 0.2) is 0 Å². The van der Waals surface area contributed by atoms with Crippen LogP contribution in [0.2, 0.25) is 0 Å². The standard InChI is InChI=1S/2C19H22O3S.Al/c2*1-3-10-22-15-11-14(18(4-2)19(20)21)12-17(13-15)23-16-8-6-5-7-9-16;/h2*5-9,11-13,18H,3-4,10H2,1-2H3,(H,20,21);/q;;+3/p-2. The van der Waals surface area contributed by atoms with Crippen LogP contribution in [0.3, 0.4) is 0 Å². The van der Waals surface area contributed by atoms with E-state index in [1.807, 2.05) is 111 Å². The molecule has 4 aromatic carbocycles. The van der Waals surface area contributed by atoms with Gasteiger partial charge in [0, 0.05) is 0 Å². The Morgan fingerprint density at radius 1 is 0.574 bits per heavy atom. The van der Waals surface area contributed by atoms with Crippen molar-refractivity contribution in [3.63, 3.8) is 0 Å². The van der Waals surface area contributed by atoms with Crippen LogP contribution in [0, 0.1) is 0 Å². The third kappa shape index (κ3) is 11.4. The van der Waals surface area contributed by atoms with E-state index in [-0.39, 0.29) is 0 Å². The molecule has 0 aliphatic rings. The van der Waals surface area contributed by atoms with E-state index in [1.54, 1.807) is 23.5 Å². The topological polar surface area (TPSA) is 71.1 Å². The van der Waals surface area contributed by atoms with Crippen molar-refractivity contribution in [3.8, 4) is 11.5 Å². The Labute approximate surface area is 294 Å². The van der Waals surface area contributed by atoms with Crippen molar-refractivity contribution in [1.82, 2.24) is 0 Å². The van der Waals surface area contributed by atoms with Crippen LogP contribution in [0.15, 0.2) is 117 Å². The zero-order chi connectivity index (χ0) is 33.4. The predicted molar refractivity (Wildman–Crippen MR) is 190 cm³/mol. The summed E-state index contributed by atoms with van der Waals surface area (Å²) in [5, 5.41) is 0. The van der Waals surface area contributed by atoms with Gasteiger partial charge in [-0.3, -0.25) is 0 Å². The van der Waals surface area contributed by atoms with Gasteiger partial charge in [0.25, 0.3) is 0 Å². The third-order valence-electron chi connectivity index (χ3n) is 7.23. The van der Waals surface area contributed by atoms with Crippen molar-refractivity contribution >= 4 is 51.3 Å². The summed E-state index contributed by atoms with van der Waals surface area (Å²) in [6.45, 7) is 9.17. The summed E-state index contributed by atoms with van der Waals surface area (Å²) in [6, 6.07) is 32.0. The average Bonchev–Trinajstić information content (AvgIpc) is 3.08. The van der Waals surface area contributed by atoms with Gasteiger partial charge in [0.1, 0.15) is 0 Å². The Bertz CT molecular complexity index is 1450. The van der Waals surface area contributed by atoms with Gasteiger partial charge < -0.3 is 0 Å². The van der Waals surface area contributed by atoms with E-state index >= 15 is 0 Å². The number of carbonyl (C=O) groups is 2. The van der Waals surface area contributed by atoms with Gasteiger partial charge in [-0.15, -0.1) is 0 Å². The van der Waals surface area contributed by atoms with Gasteiger partial charge >= 0.3 is 296 Å². The molecule has 6 nitrogen and oxygen atoms in total. The van der Waals surface area contributed by atoms with Gasteiger partial charge in [-0.05, 0) is 0 Å². The molecule has 0 radical (unpaired) electrons. The van der Waals surface area contributed by atoms with Gasteiger partial charge in [0.2, 0.25) is 0 Å². The zero-order valence-electron chi connectivity index (χ0n) is 27.5. The first-order chi connectivity index (χ1) is 22.9. The molecule has 4 aromatic rings. The molecule has 0 amide bonds. The van der Waals surface area contributed by atoms with Crippen molar-refractivity contribution in [2.24, 2.45) is 0 Å². The second-order valence-electron chi connectivity index (χ2n) is 10.9. The first-order valence-electron chi connectivity index (χ1n) is 16.2. The zero-order valence-corrected chi connectivity index (χ0v) is 30.3. The summed E-state index contributed by atoms with van der Waals surface area (Å²) in [5.41, 5.74) is 1.63. The van der Waals surface area contributed by atoms with Gasteiger partial charge in [-0.25, -0.2) is 0 Å². The van der Waals surface area contributed by atoms with Crippen molar-refractivity contribution in [2.75, 3.05) is 13.2 Å². The van der Waals surface area contributed by atoms with E-state index in [1.165, 1.54) is 0 Å². The molecule has 0 saturated heterocycles. The SMILES string of the molecule is CCCOc1cc(Sc2ccccc2)cc(C(CC)C(=O)[O][Al+][O]C(=O)C(CC)c2cc(OCCC)cc(Sc3ccccc3)c2)c1. The molecule has 0 fully saturated rings. The number of hydrogen-bond donors (Lipinski definition) is 0. The van der Waals surface area contributed by atoms with E-state index in [9.17, 15) is 9.59 Å². The van der Waals surface area contributed by atoms with Crippen LogP contribution in [0.5, 0.6) is 11.5 Å². The minimum atomic E-state index is -1.34. The molecule has 9 heteroatoms. The number of carbonyl (C=O) groups excluding carboxylic acids is 2. The Hall–Kier alpha value is -3.35. The molecule has 0 saturated carbocycles. The monoisotopic (exact) mass is 685 g/mol. The van der Waals surface area contributed by atoms with Crippen molar-refractivity contribution in [3.05, 3.63) is 108 Å². The normalized spacial score (nSPS) is 12.0. The molecule has 47 heavy (non-hydrogen) atoms. The number of benzene rings is 4. The van der Waals surface area contributed by atoms with Gasteiger partial charge in [-0.2, -0.15) is 0 Å². The Kier molecular flexibility index (Phi) is 15.1. The van der Waals surface area contributed by atoms with Crippen LogP contribution < -0.4 is 9.47 Å². The van der Waals surface area contributed by atoms with Crippen LogP contribution in [-0.4, -0.2) is 41.0 Å². The molecule has 0 aliphatic carbocycles. The van der Waals surface area contributed by atoms with Crippen molar-refractivity contribution in [2.45, 2.75) is 84.8 Å². The van der Waals surface area contributed by atoms with E-state index in [0.717, 1.165) is 43.6 Å². The van der Waals surface area contributed by atoms with Crippen LogP contribution in [0.1, 0.15) is 76.3 Å². The van der Waals surface area contributed by atoms with Crippen molar-refractivity contribution in [1.29, 1.82) is 0 Å². The van der Waals surface area contributed by atoms with Crippen molar-refractivity contribution < 1.29 is 26.6 Å². The van der Waals surface area contributed by atoms with Crippen LogP contribution in [-0.2, 0) is 17.2 Å². The average molecular weight is 686 g/mol. The van der Waals surface area contributed by atoms with Gasteiger partial charge in [-0.1, -0.05) is 0 Å². The third-order valence-corrected chi connectivity index (χ3v) is 9.84. The summed E-state index contributed by atoms with van der Waals surface area (Å²) in [5.74, 6) is -0.435. The fourth-order valence-electron chi connectivity index (χ4n) is 4.92. The Morgan fingerprint density at radius 3 is 1.34 bits per heavy atom. The maximum absolute atomic E-state index is 13.4. The minimum absolute atomic E-state index is 0.414. The van der Waals surface area contributed by atoms with Gasteiger partial charge in [0.05, 0.1) is 0 Å². The second-order valence-corrected chi connectivity index (χ2v) is 13.9. The molecule has 0 aromatic heterocycles. The molecule has 0 N–H and O–H groups in total. The molecular formula is C38H42AlO6S2+. The first kappa shape index (κ1) is 36.5. The predicted octanol–water partition coefficient (Wildman–Crippen LogP) is 9.87. The molecule has 0 aliphatic heterocycles. The fourth-order valence-corrected chi connectivity index (χ4v) is 7.36. The number of hydrogen-bond acceptors (Lipinski definition) is 8. The summed E-state index contributed by atoms with van der Waals surface area (Å²) >= 11 is 1.89. The molecular weight excluding hydrogens is 644 g/mol. The maximum atomic E-state index is 13.4. The Morgan fingerprint density at radius 2 is 0.979 bits per heavy atom. The molecule has 0 bridgehead atoms. The fraction of sp³-hybridized carbons (Fsp3) is 0.316. The molecule has 2 unspecified atom stereocenters. The second kappa shape index (κ2) is 19.5. The van der Waals surface area contributed by atoms with E-state index in [0.29, 0.717) is 37.6 Å². The first-order valence-corrected chi connectivity index (χ1v) is 18.8. The molecule has 0 heterocycles. The molecule has 0 spiro atoms. The Balaban J connectivity index is 1.44. The van der Waals surface area contributed by atoms with E-state index < -0.39 is 39.7 Å². The number of ether oxygens (including phenoxy) is 2. The quantitative estimate of drug-likeness (QED) is 0.0959. The number of rotatable bonds is 18. The summed E-state index contributed by atoms with van der Waals surface area (Å²) in [7, 11) is 0. The van der Waals surface area contributed by atoms with Crippen LogP contribution in [0.25, 0.3) is 0 Å². The summed E-state index contributed by atoms with van der Waals surface area (Å²) in [6.07, 6.45) is 2.81. The summed E-state index contributed by atoms with van der Waals surface area (Å²) < 4.78 is 23.2. The summed E-state index contributed by atoms with van der Waals surface area (Å²) in [4.78, 5) is 30.9. The molecule has 4 rings (SSSR count). The molecule has 2 atom stereocenters. The van der Waals surface area contributed by atoms with Crippen LogP contribution >= 0.6 is 23.5 Å².